The van der Waals surface area contributed by atoms with Crippen molar-refractivity contribution < 1.29 is 0 Å². The number of nitrogens with one attached hydrogen (secondary N) is 2. The van der Waals surface area contributed by atoms with Crippen LogP contribution in [0, 0.1) is 13.8 Å². The molecule has 1 saturated heterocycles. The van der Waals surface area contributed by atoms with E-state index in [9.17, 15) is 0 Å². The second-order valence-corrected chi connectivity index (χ2v) is 9.27. The molecule has 2 heterocycles. The van der Waals surface area contributed by atoms with E-state index in [1.54, 1.807) is 0 Å². The summed E-state index contributed by atoms with van der Waals surface area (Å²) in [4.78, 5) is 7.37. The topological polar surface area (TPSA) is 70.4 Å². The largest absolute Gasteiger partial charge is 0.356 e. The molecule has 9 heteroatoms. The van der Waals surface area contributed by atoms with Crippen LogP contribution in [-0.2, 0) is 20.1 Å². The molecule has 0 atom stereocenters. The van der Waals surface area contributed by atoms with Gasteiger partial charge in [0.2, 0.25) is 0 Å². The molecular formula is C23H38IN7S. The monoisotopic (exact) mass is 571 g/mol. The molecular weight excluding hydrogens is 533 g/mol. The maximum Gasteiger partial charge on any atom is 0.191 e. The second-order valence-electron chi connectivity index (χ2n) is 8.28. The van der Waals surface area contributed by atoms with Crippen molar-refractivity contribution in [3.05, 3.63) is 47.0 Å². The third kappa shape index (κ3) is 8.22. The Balaban J connectivity index is 0.00000363. The zero-order valence-corrected chi connectivity index (χ0v) is 23.0. The van der Waals surface area contributed by atoms with Crippen molar-refractivity contribution in [3.8, 4) is 0 Å². The molecule has 0 aliphatic carbocycles. The van der Waals surface area contributed by atoms with Gasteiger partial charge in [-0.3, -0.25) is 4.90 Å². The fourth-order valence-corrected chi connectivity index (χ4v) is 4.20. The van der Waals surface area contributed by atoms with Gasteiger partial charge >= 0.3 is 0 Å². The van der Waals surface area contributed by atoms with Crippen LogP contribution in [-0.4, -0.2) is 63.3 Å². The molecule has 0 saturated carbocycles. The van der Waals surface area contributed by atoms with Crippen molar-refractivity contribution in [2.45, 2.75) is 52.2 Å². The van der Waals surface area contributed by atoms with Crippen molar-refractivity contribution in [1.82, 2.24) is 30.3 Å². The Morgan fingerprint density at radius 1 is 1.19 bits per heavy atom. The summed E-state index contributed by atoms with van der Waals surface area (Å²) in [6, 6.07) is 9.15. The first-order valence-corrected chi connectivity index (χ1v) is 12.6. The molecule has 1 fully saturated rings. The Labute approximate surface area is 214 Å². The smallest absolute Gasteiger partial charge is 0.191 e. The van der Waals surface area contributed by atoms with Crippen LogP contribution < -0.4 is 10.6 Å². The van der Waals surface area contributed by atoms with Gasteiger partial charge in [-0.05, 0) is 56.2 Å². The average Bonchev–Trinajstić information content (AvgIpc) is 3.10. The molecule has 32 heavy (non-hydrogen) atoms. The molecule has 0 unspecified atom stereocenters. The standard InChI is InChI=1S/C23H37N7S.HI/c1-18-8-5-6-9-20(18)17-30-13-10-21(11-14-30)26-23(24-12-7-15-31-4)25-16-22-28-27-19(2)29(22)3;/h5-6,8-9,21H,7,10-17H2,1-4H3,(H2,24,25,26);1H. The van der Waals surface area contributed by atoms with E-state index in [0.29, 0.717) is 12.6 Å². The van der Waals surface area contributed by atoms with Gasteiger partial charge < -0.3 is 15.2 Å². The molecule has 0 radical (unpaired) electrons. The quantitative estimate of drug-likeness (QED) is 0.208. The lowest BCUT2D eigenvalue weighted by molar-refractivity contribution is 0.198. The second kappa shape index (κ2) is 14.0. The number of hydrogen-bond acceptors (Lipinski definition) is 5. The molecule has 0 spiro atoms. The number of nitrogens with zero attached hydrogens (tertiary/aromatic N) is 5. The summed E-state index contributed by atoms with van der Waals surface area (Å²) in [5, 5.41) is 15.6. The van der Waals surface area contributed by atoms with Crippen molar-refractivity contribution in [2.24, 2.45) is 12.0 Å². The van der Waals surface area contributed by atoms with Crippen LogP contribution in [0.25, 0.3) is 0 Å². The number of halogens is 1. The fourth-order valence-electron chi connectivity index (χ4n) is 3.77. The zero-order chi connectivity index (χ0) is 22.1. The van der Waals surface area contributed by atoms with Crippen molar-refractivity contribution >= 4 is 41.7 Å². The Hall–Kier alpha value is -1.33. The highest BCUT2D eigenvalue weighted by molar-refractivity contribution is 14.0. The SMILES string of the molecule is CSCCCNC(=NCc1nnc(C)n1C)NC1CCN(Cc2ccccc2C)CC1.I. The van der Waals surface area contributed by atoms with Crippen molar-refractivity contribution in [3.63, 3.8) is 0 Å². The number of aromatic nitrogens is 3. The van der Waals surface area contributed by atoms with Crippen LogP contribution in [0.4, 0.5) is 0 Å². The van der Waals surface area contributed by atoms with E-state index in [-0.39, 0.29) is 24.0 Å². The first-order chi connectivity index (χ1) is 15.1. The summed E-state index contributed by atoms with van der Waals surface area (Å²) in [5.41, 5.74) is 2.82. The van der Waals surface area contributed by atoms with E-state index in [2.05, 4.69) is 63.2 Å². The number of aliphatic imine (C=N–C) groups is 1. The van der Waals surface area contributed by atoms with E-state index >= 15 is 0 Å². The normalized spacial score (nSPS) is 15.4. The summed E-state index contributed by atoms with van der Waals surface area (Å²) >= 11 is 1.88. The molecule has 0 bridgehead atoms. The predicted molar refractivity (Wildman–Crippen MR) is 146 cm³/mol. The summed E-state index contributed by atoms with van der Waals surface area (Å²) in [6.07, 6.45) is 5.52. The van der Waals surface area contributed by atoms with E-state index in [1.165, 1.54) is 11.1 Å². The lowest BCUT2D eigenvalue weighted by Crippen LogP contribution is -2.48. The van der Waals surface area contributed by atoms with Gasteiger partial charge in [0.25, 0.3) is 0 Å². The Morgan fingerprint density at radius 2 is 1.94 bits per heavy atom. The maximum absolute atomic E-state index is 4.81. The summed E-state index contributed by atoms with van der Waals surface area (Å²) in [5.74, 6) is 3.84. The highest BCUT2D eigenvalue weighted by atomic mass is 127. The summed E-state index contributed by atoms with van der Waals surface area (Å²) in [7, 11) is 1.99. The maximum atomic E-state index is 4.81. The fraction of sp³-hybridized carbons (Fsp3) is 0.609. The Bertz CT molecular complexity index is 847. The van der Waals surface area contributed by atoms with Crippen LogP contribution in [0.2, 0.25) is 0 Å². The summed E-state index contributed by atoms with van der Waals surface area (Å²) < 4.78 is 2.00. The predicted octanol–water partition coefficient (Wildman–Crippen LogP) is 3.50. The van der Waals surface area contributed by atoms with E-state index in [4.69, 9.17) is 4.99 Å². The number of piperidine rings is 1. The first-order valence-electron chi connectivity index (χ1n) is 11.2. The lowest BCUT2D eigenvalue weighted by atomic mass is 10.0. The van der Waals surface area contributed by atoms with Gasteiger partial charge in [-0.25, -0.2) is 4.99 Å². The minimum absolute atomic E-state index is 0. The number of aryl methyl sites for hydroxylation is 2. The van der Waals surface area contributed by atoms with Crippen LogP contribution >= 0.6 is 35.7 Å². The lowest BCUT2D eigenvalue weighted by Gasteiger charge is -2.33. The zero-order valence-electron chi connectivity index (χ0n) is 19.8. The van der Waals surface area contributed by atoms with Crippen LogP contribution in [0.1, 0.15) is 42.0 Å². The molecule has 1 aliphatic rings. The minimum Gasteiger partial charge on any atom is -0.356 e. The number of benzene rings is 1. The number of rotatable bonds is 9. The number of likely N-dealkylation sites (tertiary alicyclic amines) is 1. The summed E-state index contributed by atoms with van der Waals surface area (Å²) in [6.45, 7) is 8.87. The van der Waals surface area contributed by atoms with Crippen LogP contribution in [0.15, 0.2) is 29.3 Å². The molecule has 3 rings (SSSR count). The van der Waals surface area contributed by atoms with Gasteiger partial charge in [-0.1, -0.05) is 24.3 Å². The Kier molecular flexibility index (Phi) is 11.8. The molecule has 1 aromatic heterocycles. The molecule has 2 aromatic rings. The van der Waals surface area contributed by atoms with Gasteiger partial charge in [0, 0.05) is 39.3 Å². The molecule has 7 nitrogen and oxygen atoms in total. The molecule has 1 aromatic carbocycles. The average molecular weight is 572 g/mol. The molecule has 178 valence electrons. The van der Waals surface area contributed by atoms with E-state index in [1.807, 2.05) is 30.3 Å². The van der Waals surface area contributed by atoms with Crippen molar-refractivity contribution in [2.75, 3.05) is 31.6 Å². The molecule has 0 amide bonds. The van der Waals surface area contributed by atoms with E-state index < -0.39 is 0 Å². The molecule has 1 aliphatic heterocycles. The van der Waals surface area contributed by atoms with E-state index in [0.717, 1.165) is 68.8 Å². The third-order valence-corrected chi connectivity index (χ3v) is 6.66. The van der Waals surface area contributed by atoms with Gasteiger partial charge in [-0.15, -0.1) is 34.2 Å². The van der Waals surface area contributed by atoms with Gasteiger partial charge in [0.05, 0.1) is 0 Å². The van der Waals surface area contributed by atoms with Gasteiger partial charge in [0.1, 0.15) is 12.4 Å². The number of thioether (sulfide) groups is 1. The van der Waals surface area contributed by atoms with Gasteiger partial charge in [-0.2, -0.15) is 11.8 Å². The minimum atomic E-state index is 0. The number of guanidine groups is 1. The van der Waals surface area contributed by atoms with Crippen molar-refractivity contribution in [1.29, 1.82) is 0 Å². The number of hydrogen-bond donors (Lipinski definition) is 2. The molecule has 2 N–H and O–H groups in total. The third-order valence-electron chi connectivity index (χ3n) is 5.96. The first kappa shape index (κ1) is 26.9. The highest BCUT2D eigenvalue weighted by Crippen LogP contribution is 2.16. The Morgan fingerprint density at radius 3 is 2.59 bits per heavy atom. The van der Waals surface area contributed by atoms with Gasteiger partial charge in [0.15, 0.2) is 11.8 Å². The van der Waals surface area contributed by atoms with Crippen LogP contribution in [0.5, 0.6) is 0 Å². The highest BCUT2D eigenvalue weighted by Gasteiger charge is 2.20. The van der Waals surface area contributed by atoms with Crippen LogP contribution in [0.3, 0.4) is 0 Å².